The quantitative estimate of drug-likeness (QED) is 0.542. The van der Waals surface area contributed by atoms with Gasteiger partial charge in [0.1, 0.15) is 0 Å². The van der Waals surface area contributed by atoms with Crippen LogP contribution in [-0.2, 0) is 0 Å². The minimum Gasteiger partial charge on any atom is -0.289 e. The number of carbonyl (C=O) groups excluding carboxylic acids is 1. The molecule has 0 atom stereocenters. The Morgan fingerprint density at radius 3 is 2.31 bits per heavy atom. The summed E-state index contributed by atoms with van der Waals surface area (Å²) in [5, 5.41) is 0.770. The second kappa shape index (κ2) is 4.45. The number of rotatable bonds is 2. The third-order valence-electron chi connectivity index (χ3n) is 1.53. The van der Waals surface area contributed by atoms with Gasteiger partial charge < -0.3 is 0 Å². The van der Waals surface area contributed by atoms with Crippen LogP contribution in [-0.4, -0.2) is 5.78 Å². The fraction of sp³-hybridized carbons (Fsp3) is 0.100. The summed E-state index contributed by atoms with van der Waals surface area (Å²) in [4.78, 5) is 11.4. The number of hydrogen-bond acceptors (Lipinski definition) is 1. The highest BCUT2D eigenvalue weighted by atomic mass is 35.5. The molecule has 0 saturated carbocycles. The molecule has 0 aliphatic rings. The Hall–Kier alpha value is -0.790. The van der Waals surface area contributed by atoms with E-state index < -0.39 is 0 Å². The van der Waals surface area contributed by atoms with Crippen LogP contribution in [0.2, 0.25) is 10.0 Å². The number of hydrogen-bond donors (Lipinski definition) is 0. The summed E-state index contributed by atoms with van der Waals surface area (Å²) in [6.45, 7) is 1.77. The lowest BCUT2D eigenvalue weighted by Crippen LogP contribution is -1.96. The second-order valence-electron chi connectivity index (χ2n) is 2.46. The molecule has 0 amide bonds. The van der Waals surface area contributed by atoms with Crippen molar-refractivity contribution >= 4 is 29.0 Å². The second-order valence-corrected chi connectivity index (χ2v) is 3.28. The molecule has 1 aromatic rings. The molecule has 0 heterocycles. The number of allylic oxidation sites excluding steroid dienone is 2. The Bertz CT molecular complexity index is 336. The SMILES string of the molecule is C/C=C/C(=O)c1c(Cl)cccc1Cl. The standard InChI is InChI=1S/C10H8Cl2O/c1-2-4-9(13)10-7(11)5-3-6-8(10)12/h2-6H,1H3/b4-2+. The van der Waals surface area contributed by atoms with Crippen LogP contribution in [0, 0.1) is 0 Å². The molecule has 1 rings (SSSR count). The molecule has 0 unspecified atom stereocenters. The van der Waals surface area contributed by atoms with Gasteiger partial charge in [-0.05, 0) is 25.1 Å². The maximum atomic E-state index is 11.4. The van der Waals surface area contributed by atoms with E-state index in [1.54, 1.807) is 31.2 Å². The molecule has 0 aliphatic carbocycles. The highest BCUT2D eigenvalue weighted by molar-refractivity contribution is 6.40. The number of benzene rings is 1. The van der Waals surface area contributed by atoms with Crippen molar-refractivity contribution in [2.24, 2.45) is 0 Å². The first-order chi connectivity index (χ1) is 6.16. The third kappa shape index (κ3) is 2.33. The first-order valence-corrected chi connectivity index (χ1v) is 4.53. The molecular formula is C10H8Cl2O. The predicted octanol–water partition coefficient (Wildman–Crippen LogP) is 3.75. The molecule has 0 fully saturated rings. The van der Waals surface area contributed by atoms with Crippen molar-refractivity contribution in [3.05, 3.63) is 46.0 Å². The van der Waals surface area contributed by atoms with E-state index in [9.17, 15) is 4.79 Å². The van der Waals surface area contributed by atoms with Gasteiger partial charge in [0.25, 0.3) is 0 Å². The first-order valence-electron chi connectivity index (χ1n) is 3.78. The van der Waals surface area contributed by atoms with Crippen molar-refractivity contribution in [1.29, 1.82) is 0 Å². The van der Waals surface area contributed by atoms with Gasteiger partial charge in [-0.2, -0.15) is 0 Å². The first kappa shape index (κ1) is 10.3. The molecule has 0 bridgehead atoms. The zero-order chi connectivity index (χ0) is 9.84. The van der Waals surface area contributed by atoms with E-state index in [1.165, 1.54) is 6.08 Å². The molecule has 1 nitrogen and oxygen atoms in total. The Labute approximate surface area is 87.0 Å². The van der Waals surface area contributed by atoms with Crippen molar-refractivity contribution in [2.45, 2.75) is 6.92 Å². The molecule has 1 aromatic carbocycles. The van der Waals surface area contributed by atoms with Crippen molar-refractivity contribution in [3.63, 3.8) is 0 Å². The molecule has 0 radical (unpaired) electrons. The molecule has 13 heavy (non-hydrogen) atoms. The Morgan fingerprint density at radius 2 is 1.85 bits per heavy atom. The summed E-state index contributed by atoms with van der Waals surface area (Å²) in [6.07, 6.45) is 3.09. The summed E-state index contributed by atoms with van der Waals surface area (Å²) in [7, 11) is 0. The highest BCUT2D eigenvalue weighted by Gasteiger charge is 2.10. The van der Waals surface area contributed by atoms with E-state index in [2.05, 4.69) is 0 Å². The Morgan fingerprint density at radius 1 is 1.31 bits per heavy atom. The van der Waals surface area contributed by atoms with Crippen LogP contribution in [0.15, 0.2) is 30.4 Å². The van der Waals surface area contributed by atoms with Crippen LogP contribution in [0.4, 0.5) is 0 Å². The van der Waals surface area contributed by atoms with Gasteiger partial charge in [0.2, 0.25) is 0 Å². The van der Waals surface area contributed by atoms with Gasteiger partial charge in [-0.25, -0.2) is 0 Å². The average Bonchev–Trinajstić information content (AvgIpc) is 2.04. The smallest absolute Gasteiger partial charge is 0.188 e. The summed E-state index contributed by atoms with van der Waals surface area (Å²) in [5.74, 6) is -0.168. The monoisotopic (exact) mass is 214 g/mol. The van der Waals surface area contributed by atoms with Crippen molar-refractivity contribution in [2.75, 3.05) is 0 Å². The lowest BCUT2D eigenvalue weighted by atomic mass is 10.1. The molecule has 0 aliphatic heterocycles. The zero-order valence-electron chi connectivity index (χ0n) is 7.05. The van der Waals surface area contributed by atoms with Gasteiger partial charge in [0.15, 0.2) is 5.78 Å². The minimum atomic E-state index is -0.168. The van der Waals surface area contributed by atoms with Crippen LogP contribution in [0.25, 0.3) is 0 Å². The third-order valence-corrected chi connectivity index (χ3v) is 2.16. The van der Waals surface area contributed by atoms with Gasteiger partial charge >= 0.3 is 0 Å². The summed E-state index contributed by atoms with van der Waals surface area (Å²) < 4.78 is 0. The van der Waals surface area contributed by atoms with E-state index in [-0.39, 0.29) is 5.78 Å². The van der Waals surface area contributed by atoms with Crippen LogP contribution in [0.5, 0.6) is 0 Å². The van der Waals surface area contributed by atoms with Gasteiger partial charge in [-0.3, -0.25) is 4.79 Å². The zero-order valence-corrected chi connectivity index (χ0v) is 8.56. The molecule has 68 valence electrons. The fourth-order valence-electron chi connectivity index (χ4n) is 0.968. The summed E-state index contributed by atoms with van der Waals surface area (Å²) in [5.41, 5.74) is 0.365. The van der Waals surface area contributed by atoms with Gasteiger partial charge in [-0.1, -0.05) is 35.3 Å². The molecule has 0 spiro atoms. The summed E-state index contributed by atoms with van der Waals surface area (Å²) in [6, 6.07) is 4.99. The maximum Gasteiger partial charge on any atom is 0.188 e. The minimum absolute atomic E-state index is 0.168. The molecule has 0 saturated heterocycles. The van der Waals surface area contributed by atoms with Crippen molar-refractivity contribution in [3.8, 4) is 0 Å². The van der Waals surface area contributed by atoms with Crippen LogP contribution >= 0.6 is 23.2 Å². The van der Waals surface area contributed by atoms with Crippen LogP contribution in [0.3, 0.4) is 0 Å². The fourth-order valence-corrected chi connectivity index (χ4v) is 1.55. The Kier molecular flexibility index (Phi) is 3.52. The maximum absolute atomic E-state index is 11.4. The van der Waals surface area contributed by atoms with E-state index in [0.717, 1.165) is 0 Å². The van der Waals surface area contributed by atoms with Gasteiger partial charge in [-0.15, -0.1) is 0 Å². The van der Waals surface area contributed by atoms with Crippen LogP contribution in [0.1, 0.15) is 17.3 Å². The normalized spacial score (nSPS) is 10.7. The number of carbonyl (C=O) groups is 1. The highest BCUT2D eigenvalue weighted by Crippen LogP contribution is 2.24. The van der Waals surface area contributed by atoms with Crippen molar-refractivity contribution in [1.82, 2.24) is 0 Å². The lowest BCUT2D eigenvalue weighted by Gasteiger charge is -2.01. The van der Waals surface area contributed by atoms with E-state index >= 15 is 0 Å². The molecular weight excluding hydrogens is 207 g/mol. The largest absolute Gasteiger partial charge is 0.289 e. The van der Waals surface area contributed by atoms with E-state index in [4.69, 9.17) is 23.2 Å². The van der Waals surface area contributed by atoms with E-state index in [1.807, 2.05) is 0 Å². The Balaban J connectivity index is 3.20. The molecule has 0 N–H and O–H groups in total. The van der Waals surface area contributed by atoms with E-state index in [0.29, 0.717) is 15.6 Å². The number of ketones is 1. The summed E-state index contributed by atoms with van der Waals surface area (Å²) >= 11 is 11.6. The predicted molar refractivity (Wildman–Crippen MR) is 55.6 cm³/mol. The lowest BCUT2D eigenvalue weighted by molar-refractivity contribution is 0.104. The van der Waals surface area contributed by atoms with Gasteiger partial charge in [0, 0.05) is 0 Å². The topological polar surface area (TPSA) is 17.1 Å². The van der Waals surface area contributed by atoms with Crippen LogP contribution < -0.4 is 0 Å². The van der Waals surface area contributed by atoms with Crippen molar-refractivity contribution < 1.29 is 4.79 Å². The molecule has 3 heteroatoms. The molecule has 0 aromatic heterocycles. The number of halogens is 2. The average molecular weight is 215 g/mol. The van der Waals surface area contributed by atoms with Gasteiger partial charge in [0.05, 0.1) is 15.6 Å².